The van der Waals surface area contributed by atoms with E-state index in [-0.39, 0.29) is 17.5 Å². The molecule has 15 heavy (non-hydrogen) atoms. The van der Waals surface area contributed by atoms with Crippen molar-refractivity contribution in [2.24, 2.45) is 0 Å². The first-order chi connectivity index (χ1) is 6.93. The van der Waals surface area contributed by atoms with Crippen LogP contribution in [0.4, 0.5) is 0 Å². The number of hydrogen-bond acceptors (Lipinski definition) is 3. The SMILES string of the molecule is CN(C)C(C)(C)CNC(=O)[C@H]1CCCN1. The second-order valence-corrected chi connectivity index (χ2v) is 5.07. The van der Waals surface area contributed by atoms with Gasteiger partial charge in [0.1, 0.15) is 0 Å². The van der Waals surface area contributed by atoms with Crippen molar-refractivity contribution in [3.05, 3.63) is 0 Å². The molecule has 0 saturated carbocycles. The summed E-state index contributed by atoms with van der Waals surface area (Å²) in [6.45, 7) is 5.90. The maximum atomic E-state index is 11.7. The van der Waals surface area contributed by atoms with Gasteiger partial charge in [-0.3, -0.25) is 4.79 Å². The van der Waals surface area contributed by atoms with Crippen LogP contribution in [0.1, 0.15) is 26.7 Å². The summed E-state index contributed by atoms with van der Waals surface area (Å²) in [5.74, 6) is 0.141. The van der Waals surface area contributed by atoms with Crippen LogP contribution in [0.2, 0.25) is 0 Å². The predicted molar refractivity (Wildman–Crippen MR) is 61.8 cm³/mol. The van der Waals surface area contributed by atoms with E-state index in [0.29, 0.717) is 6.54 Å². The Kier molecular flexibility index (Phi) is 4.11. The van der Waals surface area contributed by atoms with Gasteiger partial charge < -0.3 is 15.5 Å². The molecule has 2 N–H and O–H groups in total. The van der Waals surface area contributed by atoms with Crippen molar-refractivity contribution >= 4 is 5.91 Å². The molecular formula is C11H23N3O. The molecular weight excluding hydrogens is 190 g/mol. The maximum Gasteiger partial charge on any atom is 0.237 e. The first-order valence-electron chi connectivity index (χ1n) is 5.62. The van der Waals surface area contributed by atoms with Crippen LogP contribution >= 0.6 is 0 Å². The average molecular weight is 213 g/mol. The van der Waals surface area contributed by atoms with Crippen LogP contribution in [-0.4, -0.2) is 49.6 Å². The molecule has 0 radical (unpaired) electrons. The van der Waals surface area contributed by atoms with Crippen molar-refractivity contribution < 1.29 is 4.79 Å². The maximum absolute atomic E-state index is 11.7. The van der Waals surface area contributed by atoms with Crippen LogP contribution < -0.4 is 10.6 Å². The van der Waals surface area contributed by atoms with E-state index >= 15 is 0 Å². The van der Waals surface area contributed by atoms with Crippen molar-refractivity contribution in [2.75, 3.05) is 27.2 Å². The van der Waals surface area contributed by atoms with Crippen LogP contribution in [0, 0.1) is 0 Å². The molecule has 0 aromatic heterocycles. The summed E-state index contributed by atoms with van der Waals surface area (Å²) in [4.78, 5) is 13.8. The Morgan fingerprint density at radius 2 is 2.20 bits per heavy atom. The smallest absolute Gasteiger partial charge is 0.237 e. The Morgan fingerprint density at radius 3 is 2.67 bits per heavy atom. The number of carbonyl (C=O) groups excluding carboxylic acids is 1. The van der Waals surface area contributed by atoms with Crippen LogP contribution in [0.15, 0.2) is 0 Å². The number of rotatable bonds is 4. The largest absolute Gasteiger partial charge is 0.353 e. The van der Waals surface area contributed by atoms with Crippen LogP contribution in [0.3, 0.4) is 0 Å². The molecule has 1 heterocycles. The molecule has 1 saturated heterocycles. The summed E-state index contributed by atoms with van der Waals surface area (Å²) in [6, 6.07) is 0.0305. The summed E-state index contributed by atoms with van der Waals surface area (Å²) in [5, 5.41) is 6.20. The summed E-state index contributed by atoms with van der Waals surface area (Å²) in [5.41, 5.74) is 0.00820. The van der Waals surface area contributed by atoms with Gasteiger partial charge in [-0.05, 0) is 47.3 Å². The zero-order valence-corrected chi connectivity index (χ0v) is 10.3. The lowest BCUT2D eigenvalue weighted by Gasteiger charge is -2.33. The van der Waals surface area contributed by atoms with E-state index < -0.39 is 0 Å². The number of nitrogens with one attached hydrogen (secondary N) is 2. The van der Waals surface area contributed by atoms with Crippen molar-refractivity contribution in [1.82, 2.24) is 15.5 Å². The number of amides is 1. The standard InChI is InChI=1S/C11H23N3O/c1-11(2,14(3)4)8-13-10(15)9-6-5-7-12-9/h9,12H,5-8H2,1-4H3,(H,13,15)/t9-/m1/s1. The highest BCUT2D eigenvalue weighted by Crippen LogP contribution is 2.09. The van der Waals surface area contributed by atoms with Crippen LogP contribution in [0.25, 0.3) is 0 Å². The second kappa shape index (κ2) is 4.94. The van der Waals surface area contributed by atoms with Crippen molar-refractivity contribution in [1.29, 1.82) is 0 Å². The minimum atomic E-state index is 0.00820. The van der Waals surface area contributed by atoms with E-state index in [1.807, 2.05) is 14.1 Å². The molecule has 0 aromatic carbocycles. The predicted octanol–water partition coefficient (Wildman–Crippen LogP) is 0.195. The van der Waals surface area contributed by atoms with Crippen LogP contribution in [-0.2, 0) is 4.79 Å². The fourth-order valence-corrected chi connectivity index (χ4v) is 1.49. The Labute approximate surface area is 92.4 Å². The normalized spacial score (nSPS) is 22.1. The monoisotopic (exact) mass is 213 g/mol. The molecule has 1 amide bonds. The zero-order valence-electron chi connectivity index (χ0n) is 10.3. The number of nitrogens with zero attached hydrogens (tertiary/aromatic N) is 1. The third kappa shape index (κ3) is 3.47. The molecule has 1 rings (SSSR count). The third-order valence-corrected chi connectivity index (χ3v) is 3.28. The summed E-state index contributed by atoms with van der Waals surface area (Å²) in [6.07, 6.45) is 2.07. The van der Waals surface area contributed by atoms with Crippen LogP contribution in [0.5, 0.6) is 0 Å². The van der Waals surface area contributed by atoms with Gasteiger partial charge in [0, 0.05) is 12.1 Å². The van der Waals surface area contributed by atoms with Gasteiger partial charge in [-0.15, -0.1) is 0 Å². The number of hydrogen-bond donors (Lipinski definition) is 2. The van der Waals surface area contributed by atoms with Crippen molar-refractivity contribution in [3.63, 3.8) is 0 Å². The van der Waals surface area contributed by atoms with Gasteiger partial charge in [0.2, 0.25) is 5.91 Å². The van der Waals surface area contributed by atoms with Gasteiger partial charge in [0.05, 0.1) is 6.04 Å². The van der Waals surface area contributed by atoms with Gasteiger partial charge in [-0.1, -0.05) is 0 Å². The lowest BCUT2D eigenvalue weighted by molar-refractivity contribution is -0.123. The molecule has 1 fully saturated rings. The quantitative estimate of drug-likeness (QED) is 0.701. The Balaban J connectivity index is 2.33. The Bertz CT molecular complexity index is 220. The topological polar surface area (TPSA) is 44.4 Å². The number of carbonyl (C=O) groups is 1. The van der Waals surface area contributed by atoms with Crippen molar-refractivity contribution in [2.45, 2.75) is 38.3 Å². The van der Waals surface area contributed by atoms with E-state index in [2.05, 4.69) is 29.4 Å². The second-order valence-electron chi connectivity index (χ2n) is 5.07. The third-order valence-electron chi connectivity index (χ3n) is 3.28. The van der Waals surface area contributed by atoms with Gasteiger partial charge in [-0.2, -0.15) is 0 Å². The summed E-state index contributed by atoms with van der Waals surface area (Å²) in [7, 11) is 4.06. The molecule has 88 valence electrons. The van der Waals surface area contributed by atoms with Gasteiger partial charge in [-0.25, -0.2) is 0 Å². The number of likely N-dealkylation sites (N-methyl/N-ethyl adjacent to an activating group) is 1. The highest BCUT2D eigenvalue weighted by atomic mass is 16.2. The molecule has 0 aliphatic carbocycles. The van der Waals surface area contributed by atoms with Crippen molar-refractivity contribution in [3.8, 4) is 0 Å². The Morgan fingerprint density at radius 1 is 1.53 bits per heavy atom. The molecule has 0 bridgehead atoms. The zero-order chi connectivity index (χ0) is 11.5. The molecule has 0 unspecified atom stereocenters. The van der Waals surface area contributed by atoms with E-state index in [9.17, 15) is 4.79 Å². The highest BCUT2D eigenvalue weighted by molar-refractivity contribution is 5.82. The molecule has 4 nitrogen and oxygen atoms in total. The summed E-state index contributed by atoms with van der Waals surface area (Å²) < 4.78 is 0. The minimum absolute atomic E-state index is 0.00820. The van der Waals surface area contributed by atoms with E-state index in [0.717, 1.165) is 19.4 Å². The fourth-order valence-electron chi connectivity index (χ4n) is 1.49. The minimum Gasteiger partial charge on any atom is -0.353 e. The molecule has 4 heteroatoms. The van der Waals surface area contributed by atoms with E-state index in [1.54, 1.807) is 0 Å². The molecule has 0 aromatic rings. The molecule has 1 aliphatic rings. The molecule has 1 atom stereocenters. The fraction of sp³-hybridized carbons (Fsp3) is 0.909. The Hall–Kier alpha value is -0.610. The highest BCUT2D eigenvalue weighted by Gasteiger charge is 2.25. The summed E-state index contributed by atoms with van der Waals surface area (Å²) >= 11 is 0. The van der Waals surface area contributed by atoms with Gasteiger partial charge >= 0.3 is 0 Å². The lowest BCUT2D eigenvalue weighted by atomic mass is 10.0. The average Bonchev–Trinajstić information content (AvgIpc) is 2.66. The first kappa shape index (κ1) is 12.5. The van der Waals surface area contributed by atoms with Gasteiger partial charge in [0.15, 0.2) is 0 Å². The molecule has 1 aliphatic heterocycles. The lowest BCUT2D eigenvalue weighted by Crippen LogP contribution is -2.51. The molecule has 0 spiro atoms. The van der Waals surface area contributed by atoms with E-state index in [1.165, 1.54) is 0 Å². The van der Waals surface area contributed by atoms with E-state index in [4.69, 9.17) is 0 Å². The first-order valence-corrected chi connectivity index (χ1v) is 5.62. The van der Waals surface area contributed by atoms with Gasteiger partial charge in [0.25, 0.3) is 0 Å².